The summed E-state index contributed by atoms with van der Waals surface area (Å²) in [6, 6.07) is 19.5. The van der Waals surface area contributed by atoms with E-state index in [-0.39, 0.29) is 93.8 Å². The van der Waals surface area contributed by atoms with Gasteiger partial charge in [-0.25, -0.2) is 46.2 Å². The van der Waals surface area contributed by atoms with Crippen LogP contribution >= 0.6 is 87.6 Å². The zero-order valence-electron chi connectivity index (χ0n) is 51.1. The highest BCUT2D eigenvalue weighted by atomic mass is 127. The van der Waals surface area contributed by atoms with E-state index in [1.165, 1.54) is 110 Å². The van der Waals surface area contributed by atoms with E-state index in [2.05, 4.69) is 75.6 Å². The molecular weight excluding hydrogens is 1470 g/mol. The van der Waals surface area contributed by atoms with Gasteiger partial charge in [-0.1, -0.05) is 67.1 Å². The van der Waals surface area contributed by atoms with Gasteiger partial charge in [0, 0.05) is 71.2 Å². The molecule has 0 radical (unpaired) electrons. The predicted octanol–water partition coefficient (Wildman–Crippen LogP) is 12.4. The van der Waals surface area contributed by atoms with E-state index in [9.17, 15) is 56.1 Å². The van der Waals surface area contributed by atoms with Gasteiger partial charge in [0.25, 0.3) is 0 Å². The van der Waals surface area contributed by atoms with Gasteiger partial charge in [-0.2, -0.15) is 32.3 Å². The monoisotopic (exact) mass is 1540 g/mol. The van der Waals surface area contributed by atoms with Crippen LogP contribution in [0.1, 0.15) is 43.7 Å². The number of rotatable bonds is 26. The van der Waals surface area contributed by atoms with E-state index in [1.807, 2.05) is 0 Å². The van der Waals surface area contributed by atoms with Crippen LogP contribution in [0.15, 0.2) is 97.3 Å². The summed E-state index contributed by atoms with van der Waals surface area (Å²) in [6.07, 6.45) is -2.04. The smallest absolute Gasteiger partial charge is 0.447 e. The number of nitrogens with one attached hydrogen (secondary N) is 2. The number of carbonyl (C=O) groups is 4. The lowest BCUT2D eigenvalue weighted by Gasteiger charge is -2.30. The van der Waals surface area contributed by atoms with E-state index < -0.39 is 113 Å². The highest BCUT2D eigenvalue weighted by molar-refractivity contribution is 14.1. The summed E-state index contributed by atoms with van der Waals surface area (Å²) < 4.78 is 107. The van der Waals surface area contributed by atoms with E-state index in [1.54, 1.807) is 24.3 Å². The lowest BCUT2D eigenvalue weighted by Crippen LogP contribution is -2.43. The number of aryl methyl sites for hydroxylation is 2. The Hall–Kier alpha value is -5.24. The largest absolute Gasteiger partial charge is 0.474 e. The second-order valence-corrected chi connectivity index (χ2v) is 38.0. The number of pyridine rings is 2. The average Bonchev–Trinajstić information content (AvgIpc) is 0.903. The average molecular weight is 1540 g/mol. The van der Waals surface area contributed by atoms with Gasteiger partial charge in [-0.15, -0.1) is 21.8 Å². The van der Waals surface area contributed by atoms with Crippen LogP contribution in [0.2, 0.25) is 29.7 Å². The number of anilines is 2. The number of aliphatic hydroxyl groups is 2. The standard InChI is InChI=1S/C27H31ClF2N3O8P.C25H27ClF2N3O8P.C3H9ISi.C2H3N.2H2S/c1-33(25(35)10-8-17-5-4-6-23(30)26(17)28)21(13-22(34)16-41-42(37,38-2)39-3)15-40-27(36)32-24-12-19-11-20(29)9-7-18(19)14-31-24;1-31(23(33)8-6-15-3-2-4-21(28)24(15)26)19(11-20(32)14-39-40(35,36)37)13-38-25(34)30-22-10-17-9-18(27)7-5-16(17)12-29-22;1-5(2,3)4;1-2-3;;/h4-7,9,11-12,14,21-22,34H,8,10,13,15-16H2,1-3H3,(H,31,32,36);2-5,7,9-10,12,19-20,32H,6,8,11,13-14H2,1H3,(H,29,30,34)(H2,35,36,37);1-3H3;1H3;2*1H2/t21-,22?;19-,20?;;;;/m00..../s1. The fraction of sp³-hybridized carbons (Fsp3) is 0.386. The topological polar surface area (TPSA) is 319 Å². The van der Waals surface area contributed by atoms with Crippen LogP contribution in [0.3, 0.4) is 0 Å². The van der Waals surface area contributed by atoms with Crippen molar-refractivity contribution in [2.24, 2.45) is 0 Å². The summed E-state index contributed by atoms with van der Waals surface area (Å²) in [6.45, 7) is 6.37. The number of nitrogens with zero attached hydrogens (tertiary/aromatic N) is 5. The third-order valence-corrected chi connectivity index (χ3v) is 14.9. The number of benzene rings is 4. The number of aromatic nitrogens is 2. The molecule has 6 aromatic rings. The Morgan fingerprint density at radius 1 is 0.652 bits per heavy atom. The molecule has 0 spiro atoms. The van der Waals surface area contributed by atoms with E-state index in [0.717, 1.165) is 14.2 Å². The first-order valence-electron chi connectivity index (χ1n) is 27.0. The van der Waals surface area contributed by atoms with Gasteiger partial charge in [0.1, 0.15) is 53.7 Å². The Bertz CT molecular complexity index is 3510. The third-order valence-electron chi connectivity index (χ3n) is 12.2. The lowest BCUT2D eigenvalue weighted by atomic mass is 10.1. The second kappa shape index (κ2) is 41.6. The molecular formula is C57H74Cl2F4IN7O16P2S2Si. The molecule has 0 aliphatic heterocycles. The van der Waals surface area contributed by atoms with Gasteiger partial charge >= 0.3 is 27.8 Å². The Balaban J connectivity index is 0.000000808. The van der Waals surface area contributed by atoms with Gasteiger partial charge in [0.15, 0.2) is 0 Å². The second-order valence-electron chi connectivity index (χ2n) is 20.3. The normalized spacial score (nSPS) is 12.4. The molecule has 2 aromatic heterocycles. The van der Waals surface area contributed by atoms with Crippen LogP contribution in [0.25, 0.3) is 21.5 Å². The van der Waals surface area contributed by atoms with E-state index in [4.69, 9.17) is 52.2 Å². The number of nitriles is 1. The van der Waals surface area contributed by atoms with E-state index in [0.29, 0.717) is 32.7 Å². The number of carbonyl (C=O) groups excluding carboxylic acids is 4. The summed E-state index contributed by atoms with van der Waals surface area (Å²) in [5, 5.41) is 35.1. The fourth-order valence-corrected chi connectivity index (χ4v) is 9.21. The number of phosphoric acid groups is 2. The van der Waals surface area contributed by atoms with Crippen molar-refractivity contribution in [3.05, 3.63) is 142 Å². The number of likely N-dealkylation sites (N-methyl/N-ethyl adjacent to an activating group) is 2. The Kier molecular flexibility index (Phi) is 38.3. The zero-order valence-corrected chi connectivity index (χ0v) is 59.5. The number of hydrogen-bond acceptors (Lipinski definition) is 17. The molecule has 4 atom stereocenters. The summed E-state index contributed by atoms with van der Waals surface area (Å²) in [5.41, 5.74) is 0.211. The number of halogens is 7. The maximum absolute atomic E-state index is 13.8. The minimum atomic E-state index is -4.86. The Morgan fingerprint density at radius 3 is 1.36 bits per heavy atom. The van der Waals surface area contributed by atoms with Crippen molar-refractivity contribution < 1.29 is 93.4 Å². The molecule has 2 heterocycles. The zero-order chi connectivity index (χ0) is 67.5. The fourth-order valence-electron chi connectivity index (χ4n) is 7.69. The molecule has 6 rings (SSSR count). The third kappa shape index (κ3) is 31.8. The molecule has 23 nitrogen and oxygen atoms in total. The summed E-state index contributed by atoms with van der Waals surface area (Å²) in [5.74, 6) is -2.84. The van der Waals surface area contributed by atoms with Crippen LogP contribution in [-0.4, -0.2) is 148 Å². The predicted molar refractivity (Wildman–Crippen MR) is 362 cm³/mol. The Morgan fingerprint density at radius 2 is 1.01 bits per heavy atom. The number of phosphoric ester groups is 2. The van der Waals surface area contributed by atoms with Crippen molar-refractivity contribution >= 4 is 150 Å². The molecule has 0 aliphatic carbocycles. The lowest BCUT2D eigenvalue weighted by molar-refractivity contribution is -0.134. The van der Waals surface area contributed by atoms with E-state index >= 15 is 0 Å². The number of aliphatic hydroxyl groups excluding tert-OH is 2. The van der Waals surface area contributed by atoms with Crippen LogP contribution in [0, 0.1) is 34.6 Å². The van der Waals surface area contributed by atoms with Crippen molar-refractivity contribution in [1.82, 2.24) is 19.8 Å². The molecule has 0 saturated heterocycles. The van der Waals surface area contributed by atoms with Gasteiger partial charge in [-0.3, -0.25) is 38.3 Å². The molecule has 0 saturated carbocycles. The van der Waals surface area contributed by atoms with Crippen LogP contribution < -0.4 is 10.6 Å². The van der Waals surface area contributed by atoms with Gasteiger partial charge in [0.2, 0.25) is 11.8 Å². The molecule has 4 aromatic carbocycles. The highest BCUT2D eigenvalue weighted by Crippen LogP contribution is 2.47. The first-order chi connectivity index (χ1) is 42.2. The number of hydrogen-bond donors (Lipinski definition) is 6. The quantitative estimate of drug-likeness (QED) is 0.00966. The first-order valence-corrected chi connectivity index (χ1v) is 37.3. The van der Waals surface area contributed by atoms with Gasteiger partial charge in [-0.05, 0) is 108 Å². The number of amides is 4. The molecule has 6 N–H and O–H groups in total. The number of fused-ring (bicyclic) bond motifs is 2. The maximum Gasteiger partial charge on any atom is 0.474 e. The number of ether oxygens (including phenoxy) is 2. The summed E-state index contributed by atoms with van der Waals surface area (Å²) >= 11 is 14.5. The van der Waals surface area contributed by atoms with Crippen molar-refractivity contribution in [2.45, 2.75) is 89.4 Å². The van der Waals surface area contributed by atoms with Crippen molar-refractivity contribution in [2.75, 3.05) is 65.4 Å². The van der Waals surface area contributed by atoms with Gasteiger partial charge in [0.05, 0.1) is 53.6 Å². The highest BCUT2D eigenvalue weighted by Gasteiger charge is 2.30. The summed E-state index contributed by atoms with van der Waals surface area (Å²) in [7, 11) is -3.67. The minimum Gasteiger partial charge on any atom is -0.447 e. The molecule has 35 heteroatoms. The SMILES string of the molecule is CC#N.CN(C(=O)CCc1cccc(F)c1Cl)[C@H](COC(=O)Nc1cc2cc(F)ccc2cn1)CC(O)COP(=O)(O)O.COP(=O)(OC)OCC(O)C[C@@H](COC(=O)Nc1cc2cc(F)ccc2cn1)N(C)C(=O)CCc1cccc(F)c1Cl.C[Si](C)(C)I.S.S. The molecule has 0 fully saturated rings. The van der Waals surface area contributed by atoms with Crippen molar-refractivity contribution in [3.8, 4) is 6.07 Å². The molecule has 508 valence electrons. The van der Waals surface area contributed by atoms with Crippen LogP contribution in [-0.2, 0) is 59.1 Å². The molecule has 0 bridgehead atoms. The van der Waals surface area contributed by atoms with Gasteiger partial charge < -0.3 is 39.3 Å². The Labute approximate surface area is 567 Å². The van der Waals surface area contributed by atoms with Crippen LogP contribution in [0.4, 0.5) is 38.8 Å². The van der Waals surface area contributed by atoms with Crippen molar-refractivity contribution in [1.29, 1.82) is 5.26 Å². The van der Waals surface area contributed by atoms with Crippen molar-refractivity contribution in [3.63, 3.8) is 0 Å². The maximum atomic E-state index is 13.8. The molecule has 2 unspecified atom stereocenters. The minimum absolute atomic E-state index is 0. The molecule has 4 amide bonds. The first kappa shape index (κ1) is 84.8. The van der Waals surface area contributed by atoms with Crippen LogP contribution in [0.5, 0.6) is 0 Å². The molecule has 0 aliphatic rings. The molecule has 92 heavy (non-hydrogen) atoms. The summed E-state index contributed by atoms with van der Waals surface area (Å²) in [4.78, 5) is 79.3.